The highest BCUT2D eigenvalue weighted by Crippen LogP contribution is 2.51. The van der Waals surface area contributed by atoms with Gasteiger partial charge in [-0.25, -0.2) is 0 Å². The molecular weight excluding hydrogens is 274 g/mol. The molecule has 0 radical (unpaired) electrons. The molecule has 2 heteroatoms. The molecule has 94 valence electrons. The first-order chi connectivity index (χ1) is 8.16. The van der Waals surface area contributed by atoms with Gasteiger partial charge in [0.1, 0.15) is 0 Å². The fraction of sp³-hybridized carbons (Fsp3) is 0.600. The van der Waals surface area contributed by atoms with Gasteiger partial charge >= 0.3 is 0 Å². The summed E-state index contributed by atoms with van der Waals surface area (Å²) in [7, 11) is 0. The van der Waals surface area contributed by atoms with Crippen LogP contribution in [-0.4, -0.2) is 12.6 Å². The van der Waals surface area contributed by atoms with Gasteiger partial charge in [-0.15, -0.1) is 0 Å². The average Bonchev–Trinajstić information content (AvgIpc) is 3.07. The second-order valence-corrected chi connectivity index (χ2v) is 6.26. The molecule has 1 unspecified atom stereocenters. The zero-order chi connectivity index (χ0) is 12.3. The van der Waals surface area contributed by atoms with Crippen molar-refractivity contribution in [2.45, 2.75) is 45.6 Å². The highest BCUT2D eigenvalue weighted by molar-refractivity contribution is 9.10. The topological polar surface area (TPSA) is 12.0 Å². The van der Waals surface area contributed by atoms with Crippen molar-refractivity contribution in [3.05, 3.63) is 34.3 Å². The first-order valence-corrected chi connectivity index (χ1v) is 7.43. The number of hydrogen-bond acceptors (Lipinski definition) is 1. The quantitative estimate of drug-likeness (QED) is 0.831. The lowest BCUT2D eigenvalue weighted by atomic mass is 9.90. The Kier molecular flexibility index (Phi) is 4.26. The Morgan fingerprint density at radius 1 is 1.41 bits per heavy atom. The first-order valence-electron chi connectivity index (χ1n) is 6.64. The van der Waals surface area contributed by atoms with Crippen LogP contribution in [0.1, 0.15) is 38.7 Å². The maximum atomic E-state index is 3.66. The van der Waals surface area contributed by atoms with E-state index >= 15 is 0 Å². The van der Waals surface area contributed by atoms with Crippen LogP contribution in [0.5, 0.6) is 0 Å². The molecule has 0 aliphatic heterocycles. The van der Waals surface area contributed by atoms with E-state index in [0.29, 0.717) is 11.5 Å². The van der Waals surface area contributed by atoms with Gasteiger partial charge < -0.3 is 5.32 Å². The predicted molar refractivity (Wildman–Crippen MR) is 77.3 cm³/mol. The molecule has 1 atom stereocenters. The Hall–Kier alpha value is -0.340. The van der Waals surface area contributed by atoms with Crippen LogP contribution in [0, 0.1) is 5.41 Å². The molecule has 1 aliphatic rings. The maximum Gasteiger partial charge on any atom is 0.0177 e. The lowest BCUT2D eigenvalue weighted by Crippen LogP contribution is -2.36. The van der Waals surface area contributed by atoms with Gasteiger partial charge in [-0.1, -0.05) is 35.0 Å². The fourth-order valence-corrected chi connectivity index (χ4v) is 3.00. The van der Waals surface area contributed by atoms with Gasteiger partial charge in [0.25, 0.3) is 0 Å². The van der Waals surface area contributed by atoms with E-state index in [1.54, 1.807) is 0 Å². The fourth-order valence-electron chi connectivity index (χ4n) is 2.55. The molecule has 1 aromatic rings. The Balaban J connectivity index is 1.98. The van der Waals surface area contributed by atoms with Crippen LogP contribution in [0.15, 0.2) is 28.7 Å². The van der Waals surface area contributed by atoms with Crippen LogP contribution < -0.4 is 5.32 Å². The van der Waals surface area contributed by atoms with Crippen molar-refractivity contribution >= 4 is 15.9 Å². The van der Waals surface area contributed by atoms with Crippen molar-refractivity contribution in [2.75, 3.05) is 6.54 Å². The lowest BCUT2D eigenvalue weighted by Gasteiger charge is -2.24. The average molecular weight is 296 g/mol. The van der Waals surface area contributed by atoms with E-state index in [0.717, 1.165) is 6.54 Å². The van der Waals surface area contributed by atoms with Crippen LogP contribution in [0.25, 0.3) is 0 Å². The smallest absolute Gasteiger partial charge is 0.0177 e. The minimum atomic E-state index is 0.524. The van der Waals surface area contributed by atoms with E-state index in [-0.39, 0.29) is 0 Å². The molecule has 0 spiro atoms. The largest absolute Gasteiger partial charge is 0.314 e. The molecule has 1 nitrogen and oxygen atoms in total. The van der Waals surface area contributed by atoms with Crippen LogP contribution in [0.4, 0.5) is 0 Å². The van der Waals surface area contributed by atoms with Crippen molar-refractivity contribution < 1.29 is 0 Å². The van der Waals surface area contributed by atoms with E-state index in [1.807, 2.05) is 0 Å². The molecule has 0 aromatic heterocycles. The predicted octanol–water partition coefficient (Wildman–Crippen LogP) is 4.16. The van der Waals surface area contributed by atoms with Crippen molar-refractivity contribution in [3.8, 4) is 0 Å². The molecule has 17 heavy (non-hydrogen) atoms. The molecule has 0 heterocycles. The van der Waals surface area contributed by atoms with Gasteiger partial charge in [-0.05, 0) is 62.3 Å². The zero-order valence-corrected chi connectivity index (χ0v) is 12.4. The Morgan fingerprint density at radius 2 is 2.18 bits per heavy atom. The molecule has 0 saturated heterocycles. The lowest BCUT2D eigenvalue weighted by molar-refractivity contribution is 0.350. The summed E-state index contributed by atoms with van der Waals surface area (Å²) in [6, 6.07) is 9.38. The van der Waals surface area contributed by atoms with Gasteiger partial charge in [0.05, 0.1) is 0 Å². The van der Waals surface area contributed by atoms with E-state index in [4.69, 9.17) is 0 Å². The Bertz CT molecular complexity index is 371. The van der Waals surface area contributed by atoms with Gasteiger partial charge in [0.15, 0.2) is 0 Å². The summed E-state index contributed by atoms with van der Waals surface area (Å²) >= 11 is 3.55. The molecule has 1 aromatic carbocycles. The third-order valence-corrected chi connectivity index (χ3v) is 4.45. The van der Waals surface area contributed by atoms with E-state index in [1.165, 1.54) is 35.7 Å². The molecule has 0 bridgehead atoms. The highest BCUT2D eigenvalue weighted by atomic mass is 79.9. The first kappa shape index (κ1) is 13.1. The number of hydrogen-bond donors (Lipinski definition) is 1. The maximum absolute atomic E-state index is 3.66. The number of nitrogens with one attached hydrogen (secondary N) is 1. The summed E-state index contributed by atoms with van der Waals surface area (Å²) in [4.78, 5) is 0. The Labute approximate surface area is 113 Å². The molecule has 0 amide bonds. The highest BCUT2D eigenvalue weighted by Gasteiger charge is 2.46. The molecule has 2 rings (SSSR count). The monoisotopic (exact) mass is 295 g/mol. The molecule has 1 fully saturated rings. The van der Waals surface area contributed by atoms with E-state index in [2.05, 4.69) is 59.4 Å². The minimum absolute atomic E-state index is 0.524. The minimum Gasteiger partial charge on any atom is -0.314 e. The van der Waals surface area contributed by atoms with Gasteiger partial charge in [-0.3, -0.25) is 0 Å². The van der Waals surface area contributed by atoms with Crippen LogP contribution in [-0.2, 0) is 6.42 Å². The SMILES string of the molecule is CCCNC(C)C1(Cc2cccc(Br)c2)CC1. The third kappa shape index (κ3) is 3.32. The Morgan fingerprint density at radius 3 is 2.76 bits per heavy atom. The molecule has 1 N–H and O–H groups in total. The standard InChI is InChI=1S/C15H22BrN/c1-3-9-17-12(2)15(7-8-15)11-13-5-4-6-14(16)10-13/h4-6,10,12,17H,3,7-9,11H2,1-2H3. The summed E-state index contributed by atoms with van der Waals surface area (Å²) in [6.07, 6.45) is 5.18. The van der Waals surface area contributed by atoms with Crippen molar-refractivity contribution in [1.29, 1.82) is 0 Å². The van der Waals surface area contributed by atoms with Crippen molar-refractivity contribution in [1.82, 2.24) is 5.32 Å². The van der Waals surface area contributed by atoms with Gasteiger partial charge in [0.2, 0.25) is 0 Å². The summed E-state index contributed by atoms with van der Waals surface area (Å²) < 4.78 is 1.19. The van der Waals surface area contributed by atoms with E-state index < -0.39 is 0 Å². The van der Waals surface area contributed by atoms with Gasteiger partial charge in [-0.2, -0.15) is 0 Å². The van der Waals surface area contributed by atoms with Crippen LogP contribution >= 0.6 is 15.9 Å². The van der Waals surface area contributed by atoms with Crippen molar-refractivity contribution in [2.24, 2.45) is 5.41 Å². The number of benzene rings is 1. The van der Waals surface area contributed by atoms with Crippen LogP contribution in [0.2, 0.25) is 0 Å². The summed E-state index contributed by atoms with van der Waals surface area (Å²) in [5.74, 6) is 0. The molecule has 1 saturated carbocycles. The summed E-state index contributed by atoms with van der Waals surface area (Å²) in [5.41, 5.74) is 1.98. The van der Waals surface area contributed by atoms with Gasteiger partial charge in [0, 0.05) is 10.5 Å². The summed E-state index contributed by atoms with van der Waals surface area (Å²) in [6.45, 7) is 5.72. The second kappa shape index (κ2) is 5.53. The van der Waals surface area contributed by atoms with E-state index in [9.17, 15) is 0 Å². The van der Waals surface area contributed by atoms with Crippen LogP contribution in [0.3, 0.4) is 0 Å². The second-order valence-electron chi connectivity index (χ2n) is 5.34. The summed E-state index contributed by atoms with van der Waals surface area (Å²) in [5, 5.41) is 3.66. The van der Waals surface area contributed by atoms with Crippen molar-refractivity contribution in [3.63, 3.8) is 0 Å². The zero-order valence-electron chi connectivity index (χ0n) is 10.8. The normalized spacial score (nSPS) is 19.0. The molecule has 1 aliphatic carbocycles. The third-order valence-electron chi connectivity index (χ3n) is 3.96. The number of halogens is 1. The number of rotatable bonds is 6. The molecular formula is C15H22BrN.